The minimum atomic E-state index is -0.399. The molecule has 1 atom stereocenters. The van der Waals surface area contributed by atoms with Crippen molar-refractivity contribution >= 4 is 16.8 Å². The van der Waals surface area contributed by atoms with Crippen molar-refractivity contribution < 1.29 is 18.3 Å². The van der Waals surface area contributed by atoms with E-state index in [4.69, 9.17) is 9.15 Å². The van der Waals surface area contributed by atoms with Crippen LogP contribution in [0.5, 0.6) is 0 Å². The smallest absolute Gasteiger partial charge is 0.241 e. The first kappa shape index (κ1) is 15.8. The molecule has 3 aromatic rings. The molecule has 1 unspecified atom stereocenters. The van der Waals surface area contributed by atoms with E-state index in [1.807, 2.05) is 0 Å². The summed E-state index contributed by atoms with van der Waals surface area (Å²) in [5.41, 5.74) is 1.56. The van der Waals surface area contributed by atoms with Crippen LogP contribution in [-0.4, -0.2) is 45.7 Å². The molecule has 0 spiro atoms. The number of aromatic amines is 1. The summed E-state index contributed by atoms with van der Waals surface area (Å²) in [6, 6.07) is 4.09. The number of H-pyrrole nitrogens is 1. The molecule has 1 N–H and O–H groups in total. The van der Waals surface area contributed by atoms with E-state index < -0.39 is 6.04 Å². The van der Waals surface area contributed by atoms with Gasteiger partial charge in [0.25, 0.3) is 0 Å². The van der Waals surface area contributed by atoms with Gasteiger partial charge in [-0.1, -0.05) is 0 Å². The Hall–Kier alpha value is -2.74. The molecule has 0 saturated carbocycles. The predicted molar refractivity (Wildman–Crippen MR) is 86.3 cm³/mol. The van der Waals surface area contributed by atoms with Crippen molar-refractivity contribution in [3.05, 3.63) is 47.6 Å². The van der Waals surface area contributed by atoms with Gasteiger partial charge in [-0.2, -0.15) is 0 Å². The van der Waals surface area contributed by atoms with Crippen LogP contribution in [0, 0.1) is 12.7 Å². The molecule has 0 radical (unpaired) electrons. The van der Waals surface area contributed by atoms with Gasteiger partial charge < -0.3 is 19.0 Å². The zero-order valence-electron chi connectivity index (χ0n) is 13.7. The number of aromatic nitrogens is 3. The first-order valence-electron chi connectivity index (χ1n) is 8.04. The summed E-state index contributed by atoms with van der Waals surface area (Å²) in [6.45, 7) is 2.92. The number of amides is 1. The van der Waals surface area contributed by atoms with E-state index in [0.717, 1.165) is 11.1 Å². The molecule has 25 heavy (non-hydrogen) atoms. The summed E-state index contributed by atoms with van der Waals surface area (Å²) in [4.78, 5) is 17.6. The molecule has 8 heteroatoms. The van der Waals surface area contributed by atoms with Crippen LogP contribution < -0.4 is 0 Å². The molecule has 1 aliphatic rings. The second-order valence-corrected chi connectivity index (χ2v) is 6.02. The third-order valence-corrected chi connectivity index (χ3v) is 4.35. The standard InChI is InChI=1S/C17H17FN4O3/c1-10-20-21-17(25-10)15-9-24-5-4-22(15)16(23)6-11-8-19-14-3-2-12(18)7-13(11)14/h2-3,7-8,15,19H,4-6,9H2,1H3. The van der Waals surface area contributed by atoms with Gasteiger partial charge in [0.1, 0.15) is 11.9 Å². The van der Waals surface area contributed by atoms with Crippen LogP contribution in [0.15, 0.2) is 28.8 Å². The lowest BCUT2D eigenvalue weighted by Crippen LogP contribution is -2.44. The number of ether oxygens (including phenoxy) is 1. The van der Waals surface area contributed by atoms with Crippen LogP contribution in [0.3, 0.4) is 0 Å². The highest BCUT2D eigenvalue weighted by Crippen LogP contribution is 2.26. The fourth-order valence-corrected chi connectivity index (χ4v) is 3.11. The zero-order chi connectivity index (χ0) is 17.4. The number of aryl methyl sites for hydroxylation is 1. The number of nitrogens with zero attached hydrogens (tertiary/aromatic N) is 3. The lowest BCUT2D eigenvalue weighted by molar-refractivity contribution is -0.140. The van der Waals surface area contributed by atoms with Gasteiger partial charge in [0.05, 0.1) is 19.6 Å². The molecule has 1 aliphatic heterocycles. The fourth-order valence-electron chi connectivity index (χ4n) is 3.11. The quantitative estimate of drug-likeness (QED) is 0.787. The number of hydrogen-bond donors (Lipinski definition) is 1. The summed E-state index contributed by atoms with van der Waals surface area (Å²) in [7, 11) is 0. The summed E-state index contributed by atoms with van der Waals surface area (Å²) < 4.78 is 24.5. The number of nitrogens with one attached hydrogen (secondary N) is 1. The number of rotatable bonds is 3. The van der Waals surface area contributed by atoms with Crippen molar-refractivity contribution in [3.63, 3.8) is 0 Å². The maximum absolute atomic E-state index is 13.5. The topological polar surface area (TPSA) is 84.3 Å². The molecule has 1 fully saturated rings. The third kappa shape index (κ3) is 3.00. The first-order valence-corrected chi connectivity index (χ1v) is 8.04. The lowest BCUT2D eigenvalue weighted by Gasteiger charge is -2.33. The monoisotopic (exact) mass is 344 g/mol. The van der Waals surface area contributed by atoms with E-state index >= 15 is 0 Å². The highest BCUT2D eigenvalue weighted by atomic mass is 19.1. The van der Waals surface area contributed by atoms with Crippen LogP contribution in [0.1, 0.15) is 23.4 Å². The number of morpholine rings is 1. The molecule has 3 heterocycles. The number of carbonyl (C=O) groups is 1. The van der Waals surface area contributed by atoms with Gasteiger partial charge in [-0.3, -0.25) is 4.79 Å². The molecule has 2 aromatic heterocycles. The van der Waals surface area contributed by atoms with Crippen LogP contribution in [-0.2, 0) is 16.0 Å². The molecular weight excluding hydrogens is 327 g/mol. The Kier molecular flexibility index (Phi) is 3.96. The van der Waals surface area contributed by atoms with Crippen molar-refractivity contribution in [3.8, 4) is 0 Å². The Morgan fingerprint density at radius 1 is 1.44 bits per heavy atom. The van der Waals surface area contributed by atoms with Gasteiger partial charge in [-0.05, 0) is 23.8 Å². The Labute approximate surface area is 142 Å². The fraction of sp³-hybridized carbons (Fsp3) is 0.353. The van der Waals surface area contributed by atoms with Crippen molar-refractivity contribution in [2.45, 2.75) is 19.4 Å². The average molecular weight is 344 g/mol. The van der Waals surface area contributed by atoms with E-state index in [1.54, 1.807) is 24.1 Å². The molecule has 130 valence electrons. The van der Waals surface area contributed by atoms with Crippen molar-refractivity contribution in [2.75, 3.05) is 19.8 Å². The largest absolute Gasteiger partial charge is 0.423 e. The minimum absolute atomic E-state index is 0.0886. The van der Waals surface area contributed by atoms with Crippen molar-refractivity contribution in [1.82, 2.24) is 20.1 Å². The normalized spacial score (nSPS) is 18.0. The second kappa shape index (κ2) is 6.29. The molecular formula is C17H17FN4O3. The van der Waals surface area contributed by atoms with Gasteiger partial charge in [-0.25, -0.2) is 4.39 Å². The van der Waals surface area contributed by atoms with Crippen molar-refractivity contribution in [1.29, 1.82) is 0 Å². The number of hydrogen-bond acceptors (Lipinski definition) is 5. The predicted octanol–water partition coefficient (Wildman–Crippen LogP) is 2.14. The van der Waals surface area contributed by atoms with Crippen molar-refractivity contribution in [2.24, 2.45) is 0 Å². The minimum Gasteiger partial charge on any atom is -0.423 e. The van der Waals surface area contributed by atoms with Crippen LogP contribution in [0.4, 0.5) is 4.39 Å². The van der Waals surface area contributed by atoms with Gasteiger partial charge in [0, 0.05) is 30.6 Å². The molecule has 7 nitrogen and oxygen atoms in total. The van der Waals surface area contributed by atoms with E-state index in [0.29, 0.717) is 36.9 Å². The number of fused-ring (bicyclic) bond motifs is 1. The van der Waals surface area contributed by atoms with Crippen LogP contribution >= 0.6 is 0 Å². The van der Waals surface area contributed by atoms with E-state index in [-0.39, 0.29) is 18.1 Å². The molecule has 1 aromatic carbocycles. The van der Waals surface area contributed by atoms with E-state index in [1.165, 1.54) is 12.1 Å². The van der Waals surface area contributed by atoms with Gasteiger partial charge in [-0.15, -0.1) is 10.2 Å². The highest BCUT2D eigenvalue weighted by molar-refractivity contribution is 5.89. The summed E-state index contributed by atoms with van der Waals surface area (Å²) in [6.07, 6.45) is 1.90. The van der Waals surface area contributed by atoms with Gasteiger partial charge in [0.15, 0.2) is 0 Å². The number of halogens is 1. The Bertz CT molecular complexity index is 920. The lowest BCUT2D eigenvalue weighted by atomic mass is 10.1. The Morgan fingerprint density at radius 3 is 3.12 bits per heavy atom. The molecule has 0 aliphatic carbocycles. The SMILES string of the molecule is Cc1nnc(C2COCCN2C(=O)Cc2c[nH]c3ccc(F)cc23)o1. The first-order chi connectivity index (χ1) is 12.1. The Morgan fingerprint density at radius 2 is 2.32 bits per heavy atom. The maximum atomic E-state index is 13.5. The van der Waals surface area contributed by atoms with Gasteiger partial charge >= 0.3 is 0 Å². The van der Waals surface area contributed by atoms with Gasteiger partial charge in [0.2, 0.25) is 17.7 Å². The maximum Gasteiger partial charge on any atom is 0.241 e. The van der Waals surface area contributed by atoms with E-state index in [9.17, 15) is 9.18 Å². The summed E-state index contributed by atoms with van der Waals surface area (Å²) >= 11 is 0. The van der Waals surface area contributed by atoms with Crippen LogP contribution in [0.25, 0.3) is 10.9 Å². The highest BCUT2D eigenvalue weighted by Gasteiger charge is 2.32. The molecule has 1 amide bonds. The number of benzene rings is 1. The summed E-state index contributed by atoms with van der Waals surface area (Å²) in [5, 5.41) is 8.55. The third-order valence-electron chi connectivity index (χ3n) is 4.35. The molecule has 4 rings (SSSR count). The van der Waals surface area contributed by atoms with Crippen LogP contribution in [0.2, 0.25) is 0 Å². The molecule has 1 saturated heterocycles. The van der Waals surface area contributed by atoms with E-state index in [2.05, 4.69) is 15.2 Å². The summed E-state index contributed by atoms with van der Waals surface area (Å²) in [5.74, 6) is 0.399. The molecule has 0 bridgehead atoms. The zero-order valence-corrected chi connectivity index (χ0v) is 13.7. The number of carbonyl (C=O) groups excluding carboxylic acids is 1. The second-order valence-electron chi connectivity index (χ2n) is 6.02. The Balaban J connectivity index is 1.59. The average Bonchev–Trinajstić information content (AvgIpc) is 3.21.